The van der Waals surface area contributed by atoms with E-state index >= 15 is 0 Å². The molecule has 0 saturated carbocycles. The average Bonchev–Trinajstić information content (AvgIpc) is 2.12. The van der Waals surface area contributed by atoms with Crippen molar-refractivity contribution in [2.45, 2.75) is 19.8 Å². The topological polar surface area (TPSA) is 66.4 Å². The monoisotopic (exact) mass is 219 g/mol. The van der Waals surface area contributed by atoms with E-state index in [0.29, 0.717) is 12.5 Å². The molecule has 1 amide bonds. The minimum Gasteiger partial charge on any atom is -0.481 e. The first-order chi connectivity index (χ1) is 6.56. The van der Waals surface area contributed by atoms with Crippen molar-refractivity contribution in [2.75, 3.05) is 18.6 Å². The molecule has 0 aliphatic rings. The lowest BCUT2D eigenvalue weighted by Gasteiger charge is -2.10. The highest BCUT2D eigenvalue weighted by atomic mass is 32.2. The van der Waals surface area contributed by atoms with Crippen LogP contribution in [0.25, 0.3) is 0 Å². The molecule has 1 unspecified atom stereocenters. The molecule has 0 radical (unpaired) electrons. The molecule has 0 aromatic rings. The molecule has 0 aromatic heterocycles. The molecule has 5 heteroatoms. The molecule has 4 nitrogen and oxygen atoms in total. The normalized spacial score (nSPS) is 12.1. The summed E-state index contributed by atoms with van der Waals surface area (Å²) in [5, 5.41) is 11.0. The van der Waals surface area contributed by atoms with Crippen molar-refractivity contribution in [3.8, 4) is 0 Å². The van der Waals surface area contributed by atoms with Gasteiger partial charge in [-0.1, -0.05) is 6.92 Å². The van der Waals surface area contributed by atoms with Crippen LogP contribution in [0.1, 0.15) is 19.8 Å². The van der Waals surface area contributed by atoms with Crippen LogP contribution in [0.2, 0.25) is 0 Å². The average molecular weight is 219 g/mol. The fraction of sp³-hybridized carbons (Fsp3) is 0.778. The van der Waals surface area contributed by atoms with Gasteiger partial charge in [-0.3, -0.25) is 9.59 Å². The number of amides is 1. The smallest absolute Gasteiger partial charge is 0.303 e. The molecule has 82 valence electrons. The van der Waals surface area contributed by atoms with Gasteiger partial charge in [0.1, 0.15) is 0 Å². The first-order valence-corrected chi connectivity index (χ1v) is 5.93. The highest BCUT2D eigenvalue weighted by Gasteiger charge is 2.06. The van der Waals surface area contributed by atoms with Gasteiger partial charge in [-0.25, -0.2) is 0 Å². The zero-order chi connectivity index (χ0) is 11.0. The number of carboxylic acids is 1. The Morgan fingerprint density at radius 3 is 2.57 bits per heavy atom. The van der Waals surface area contributed by atoms with Gasteiger partial charge in [0, 0.05) is 13.0 Å². The number of aliphatic carboxylic acids is 1. The van der Waals surface area contributed by atoms with Gasteiger partial charge >= 0.3 is 5.97 Å². The van der Waals surface area contributed by atoms with Crippen molar-refractivity contribution in [2.24, 2.45) is 5.92 Å². The molecule has 0 bridgehead atoms. The number of rotatable bonds is 7. The van der Waals surface area contributed by atoms with Crippen LogP contribution in [-0.2, 0) is 9.59 Å². The molecule has 1 atom stereocenters. The molecular weight excluding hydrogens is 202 g/mol. The van der Waals surface area contributed by atoms with E-state index in [1.165, 1.54) is 0 Å². The van der Waals surface area contributed by atoms with Crippen molar-refractivity contribution in [3.05, 3.63) is 0 Å². The van der Waals surface area contributed by atoms with Crippen LogP contribution >= 0.6 is 11.8 Å². The number of carbonyl (C=O) groups excluding carboxylic acids is 1. The Hall–Kier alpha value is -0.710. The zero-order valence-corrected chi connectivity index (χ0v) is 9.39. The summed E-state index contributed by atoms with van der Waals surface area (Å²) in [7, 11) is 0. The first kappa shape index (κ1) is 13.3. The summed E-state index contributed by atoms with van der Waals surface area (Å²) in [6.07, 6.45) is 1.99. The first-order valence-electron chi connectivity index (χ1n) is 4.53. The lowest BCUT2D eigenvalue weighted by molar-refractivity contribution is -0.138. The van der Waals surface area contributed by atoms with E-state index in [1.807, 2.05) is 13.2 Å². The van der Waals surface area contributed by atoms with E-state index in [9.17, 15) is 9.59 Å². The van der Waals surface area contributed by atoms with Crippen LogP contribution in [-0.4, -0.2) is 35.5 Å². The summed E-state index contributed by atoms with van der Waals surface area (Å²) in [6, 6.07) is 0. The van der Waals surface area contributed by atoms with Gasteiger partial charge in [0.05, 0.1) is 6.42 Å². The van der Waals surface area contributed by atoms with E-state index in [-0.39, 0.29) is 18.7 Å². The predicted molar refractivity (Wildman–Crippen MR) is 57.4 cm³/mol. The van der Waals surface area contributed by atoms with Gasteiger partial charge in [-0.05, 0) is 17.9 Å². The van der Waals surface area contributed by atoms with E-state index < -0.39 is 5.97 Å². The zero-order valence-electron chi connectivity index (χ0n) is 8.58. The summed E-state index contributed by atoms with van der Waals surface area (Å²) in [4.78, 5) is 21.2. The maximum atomic E-state index is 11.1. The van der Waals surface area contributed by atoms with Crippen LogP contribution in [0.3, 0.4) is 0 Å². The SMILES string of the molecule is CSCC(C)CNC(=O)CCC(=O)O. The van der Waals surface area contributed by atoms with Crippen molar-refractivity contribution in [3.63, 3.8) is 0 Å². The molecule has 0 heterocycles. The number of hydrogen-bond acceptors (Lipinski definition) is 3. The summed E-state index contributed by atoms with van der Waals surface area (Å²) >= 11 is 1.73. The Labute approximate surface area is 88.4 Å². The van der Waals surface area contributed by atoms with Crippen LogP contribution in [0, 0.1) is 5.92 Å². The summed E-state index contributed by atoms with van der Waals surface area (Å²) in [6.45, 7) is 2.67. The predicted octanol–water partition coefficient (Wildman–Crippen LogP) is 0.966. The maximum Gasteiger partial charge on any atom is 0.303 e. The van der Waals surface area contributed by atoms with E-state index in [4.69, 9.17) is 5.11 Å². The van der Waals surface area contributed by atoms with E-state index in [2.05, 4.69) is 5.32 Å². The van der Waals surface area contributed by atoms with Gasteiger partial charge in [0.15, 0.2) is 0 Å². The Bertz CT molecular complexity index is 196. The van der Waals surface area contributed by atoms with Gasteiger partial charge in [0.2, 0.25) is 5.91 Å². The molecule has 0 aliphatic carbocycles. The van der Waals surface area contributed by atoms with Crippen LogP contribution in [0.4, 0.5) is 0 Å². The van der Waals surface area contributed by atoms with Crippen molar-refractivity contribution >= 4 is 23.6 Å². The highest BCUT2D eigenvalue weighted by Crippen LogP contribution is 2.02. The molecule has 0 fully saturated rings. The standard InChI is InChI=1S/C9H17NO3S/c1-7(6-14-2)5-10-8(11)3-4-9(12)13/h7H,3-6H2,1-2H3,(H,10,11)(H,12,13). The van der Waals surface area contributed by atoms with E-state index in [1.54, 1.807) is 11.8 Å². The van der Waals surface area contributed by atoms with Gasteiger partial charge < -0.3 is 10.4 Å². The van der Waals surface area contributed by atoms with Gasteiger partial charge in [0.25, 0.3) is 0 Å². The Morgan fingerprint density at radius 1 is 1.43 bits per heavy atom. The lowest BCUT2D eigenvalue weighted by Crippen LogP contribution is -2.29. The fourth-order valence-corrected chi connectivity index (χ4v) is 1.63. The van der Waals surface area contributed by atoms with Crippen molar-refractivity contribution in [1.29, 1.82) is 0 Å². The summed E-state index contributed by atoms with van der Waals surface area (Å²) in [5.74, 6) is 0.315. The Morgan fingerprint density at radius 2 is 2.07 bits per heavy atom. The number of carboxylic acid groups (broad SMARTS) is 1. The molecule has 2 N–H and O–H groups in total. The Balaban J connectivity index is 3.48. The molecule has 0 aromatic carbocycles. The second-order valence-electron chi connectivity index (χ2n) is 3.26. The fourth-order valence-electron chi connectivity index (χ4n) is 0.940. The van der Waals surface area contributed by atoms with E-state index in [0.717, 1.165) is 5.75 Å². The van der Waals surface area contributed by atoms with Crippen molar-refractivity contribution < 1.29 is 14.7 Å². The second-order valence-corrected chi connectivity index (χ2v) is 4.17. The second kappa shape index (κ2) is 7.67. The molecule has 0 saturated heterocycles. The van der Waals surface area contributed by atoms with Gasteiger partial charge in [-0.15, -0.1) is 0 Å². The van der Waals surface area contributed by atoms with Crippen LogP contribution < -0.4 is 5.32 Å². The quantitative estimate of drug-likeness (QED) is 0.669. The summed E-state index contributed by atoms with van der Waals surface area (Å²) < 4.78 is 0. The van der Waals surface area contributed by atoms with Crippen molar-refractivity contribution in [1.82, 2.24) is 5.32 Å². The summed E-state index contributed by atoms with van der Waals surface area (Å²) in [5.41, 5.74) is 0. The molecule has 14 heavy (non-hydrogen) atoms. The van der Waals surface area contributed by atoms with Gasteiger partial charge in [-0.2, -0.15) is 11.8 Å². The molecule has 0 aliphatic heterocycles. The number of hydrogen-bond donors (Lipinski definition) is 2. The van der Waals surface area contributed by atoms with Crippen LogP contribution in [0.5, 0.6) is 0 Å². The molecular formula is C9H17NO3S. The molecule has 0 spiro atoms. The number of thioether (sulfide) groups is 1. The highest BCUT2D eigenvalue weighted by molar-refractivity contribution is 7.98. The number of nitrogens with one attached hydrogen (secondary N) is 1. The van der Waals surface area contributed by atoms with Crippen LogP contribution in [0.15, 0.2) is 0 Å². The minimum absolute atomic E-state index is 0.0708. The Kier molecular flexibility index (Phi) is 7.28. The lowest BCUT2D eigenvalue weighted by atomic mass is 10.2. The number of carbonyl (C=O) groups is 2. The third-order valence-corrected chi connectivity index (χ3v) is 2.57. The minimum atomic E-state index is -0.933. The largest absolute Gasteiger partial charge is 0.481 e. The molecule has 0 rings (SSSR count). The third kappa shape index (κ3) is 7.91. The maximum absolute atomic E-state index is 11.1. The third-order valence-electron chi connectivity index (χ3n) is 1.66.